The average molecular weight is 268 g/mol. The number of anilines is 1. The topological polar surface area (TPSA) is 56.7 Å². The van der Waals surface area contributed by atoms with E-state index in [0.29, 0.717) is 5.82 Å². The maximum Gasteiger partial charge on any atom is 0.123 e. The maximum atomic E-state index is 5.66. The van der Waals surface area contributed by atoms with Crippen molar-refractivity contribution in [3.8, 4) is 11.3 Å². The van der Waals surface area contributed by atoms with Crippen LogP contribution in [0.25, 0.3) is 11.3 Å². The van der Waals surface area contributed by atoms with Crippen LogP contribution >= 0.6 is 0 Å². The summed E-state index contributed by atoms with van der Waals surface area (Å²) in [6.07, 6.45) is 11.5. The van der Waals surface area contributed by atoms with Gasteiger partial charge in [0.1, 0.15) is 5.82 Å². The third-order valence-electron chi connectivity index (χ3n) is 5.11. The normalized spacial score (nSPS) is 28.1. The molecule has 4 heteroatoms. The van der Waals surface area contributed by atoms with Crippen LogP contribution in [0.2, 0.25) is 0 Å². The minimum Gasteiger partial charge on any atom is -0.384 e. The molecule has 2 saturated carbocycles. The summed E-state index contributed by atoms with van der Waals surface area (Å²) < 4.78 is 2.29. The van der Waals surface area contributed by atoms with Gasteiger partial charge in [-0.3, -0.25) is 0 Å². The first-order valence-corrected chi connectivity index (χ1v) is 7.51. The lowest BCUT2D eigenvalue weighted by Crippen LogP contribution is -2.17. The summed E-state index contributed by atoms with van der Waals surface area (Å²) in [6.45, 7) is 1.10. The van der Waals surface area contributed by atoms with E-state index in [1.807, 2.05) is 30.9 Å². The molecule has 4 rings (SSSR count). The molecule has 20 heavy (non-hydrogen) atoms. The SMILES string of the molecule is Nc1ccc(-c2cncn2CC2CC3CCC2C3)cn1. The Kier molecular flexibility index (Phi) is 2.76. The fourth-order valence-corrected chi connectivity index (χ4v) is 4.12. The van der Waals surface area contributed by atoms with Crippen LogP contribution in [0.1, 0.15) is 25.7 Å². The van der Waals surface area contributed by atoms with E-state index >= 15 is 0 Å². The number of nitrogens with two attached hydrogens (primary N) is 1. The summed E-state index contributed by atoms with van der Waals surface area (Å²) in [7, 11) is 0. The second-order valence-corrected chi connectivity index (χ2v) is 6.34. The number of nitrogen functional groups attached to an aromatic ring is 1. The molecular weight excluding hydrogens is 248 g/mol. The number of nitrogens with zero attached hydrogens (tertiary/aromatic N) is 3. The zero-order chi connectivity index (χ0) is 13.5. The van der Waals surface area contributed by atoms with Gasteiger partial charge in [0.05, 0.1) is 18.2 Å². The summed E-state index contributed by atoms with van der Waals surface area (Å²) in [5.41, 5.74) is 7.91. The molecule has 2 aromatic rings. The molecule has 4 nitrogen and oxygen atoms in total. The molecule has 0 saturated heterocycles. The van der Waals surface area contributed by atoms with Crippen molar-refractivity contribution in [3.63, 3.8) is 0 Å². The summed E-state index contributed by atoms with van der Waals surface area (Å²) in [5, 5.41) is 0. The first-order chi connectivity index (χ1) is 9.79. The van der Waals surface area contributed by atoms with Gasteiger partial charge >= 0.3 is 0 Å². The molecule has 0 aliphatic heterocycles. The molecular formula is C16H20N4. The Morgan fingerprint density at radius 2 is 2.15 bits per heavy atom. The smallest absolute Gasteiger partial charge is 0.123 e. The summed E-state index contributed by atoms with van der Waals surface area (Å²) >= 11 is 0. The first kappa shape index (κ1) is 11.9. The van der Waals surface area contributed by atoms with Gasteiger partial charge in [0.2, 0.25) is 0 Å². The Bertz CT molecular complexity index is 601. The van der Waals surface area contributed by atoms with Crippen LogP contribution in [-0.4, -0.2) is 14.5 Å². The van der Waals surface area contributed by atoms with Crippen LogP contribution in [0.4, 0.5) is 5.82 Å². The van der Waals surface area contributed by atoms with Crippen molar-refractivity contribution in [1.82, 2.24) is 14.5 Å². The van der Waals surface area contributed by atoms with Crippen molar-refractivity contribution in [1.29, 1.82) is 0 Å². The molecule has 0 spiro atoms. The Hall–Kier alpha value is -1.84. The fourth-order valence-electron chi connectivity index (χ4n) is 4.12. The highest BCUT2D eigenvalue weighted by molar-refractivity contribution is 5.59. The van der Waals surface area contributed by atoms with E-state index in [2.05, 4.69) is 14.5 Å². The van der Waals surface area contributed by atoms with Gasteiger partial charge < -0.3 is 10.3 Å². The molecule has 2 aromatic heterocycles. The largest absolute Gasteiger partial charge is 0.384 e. The van der Waals surface area contributed by atoms with E-state index in [4.69, 9.17) is 5.73 Å². The fraction of sp³-hybridized carbons (Fsp3) is 0.500. The van der Waals surface area contributed by atoms with Crippen molar-refractivity contribution in [2.45, 2.75) is 32.2 Å². The molecule has 2 aliphatic rings. The molecule has 0 amide bonds. The lowest BCUT2D eigenvalue weighted by molar-refractivity contribution is 0.296. The Morgan fingerprint density at radius 3 is 2.85 bits per heavy atom. The molecule has 104 valence electrons. The summed E-state index contributed by atoms with van der Waals surface area (Å²) in [5.74, 6) is 3.34. The lowest BCUT2D eigenvalue weighted by Gasteiger charge is -2.22. The average Bonchev–Trinajstić information content (AvgIpc) is 3.16. The monoisotopic (exact) mass is 268 g/mol. The van der Waals surface area contributed by atoms with E-state index in [0.717, 1.165) is 35.6 Å². The minimum atomic E-state index is 0.563. The summed E-state index contributed by atoms with van der Waals surface area (Å²) in [4.78, 5) is 8.51. The number of hydrogen-bond donors (Lipinski definition) is 1. The molecule has 2 N–H and O–H groups in total. The Morgan fingerprint density at radius 1 is 1.20 bits per heavy atom. The van der Waals surface area contributed by atoms with E-state index in [1.54, 1.807) is 0 Å². The van der Waals surface area contributed by atoms with Crippen LogP contribution in [0.3, 0.4) is 0 Å². The van der Waals surface area contributed by atoms with Crippen molar-refractivity contribution >= 4 is 5.82 Å². The van der Waals surface area contributed by atoms with Crippen molar-refractivity contribution in [2.24, 2.45) is 17.8 Å². The van der Waals surface area contributed by atoms with E-state index in [1.165, 1.54) is 25.7 Å². The molecule has 2 bridgehead atoms. The zero-order valence-corrected chi connectivity index (χ0v) is 11.6. The van der Waals surface area contributed by atoms with Crippen LogP contribution in [0.5, 0.6) is 0 Å². The van der Waals surface area contributed by atoms with Crippen LogP contribution in [-0.2, 0) is 6.54 Å². The van der Waals surface area contributed by atoms with Gasteiger partial charge in [0, 0.05) is 18.3 Å². The third-order valence-corrected chi connectivity index (χ3v) is 5.11. The highest BCUT2D eigenvalue weighted by atomic mass is 15.0. The van der Waals surface area contributed by atoms with Gasteiger partial charge in [0.15, 0.2) is 0 Å². The molecule has 2 heterocycles. The molecule has 2 fully saturated rings. The Balaban J connectivity index is 1.57. The van der Waals surface area contributed by atoms with Gasteiger partial charge in [-0.15, -0.1) is 0 Å². The zero-order valence-electron chi connectivity index (χ0n) is 11.6. The number of pyridine rings is 1. The number of rotatable bonds is 3. The quantitative estimate of drug-likeness (QED) is 0.931. The van der Waals surface area contributed by atoms with Crippen LogP contribution < -0.4 is 5.73 Å². The van der Waals surface area contributed by atoms with Crippen LogP contribution in [0.15, 0.2) is 30.9 Å². The first-order valence-electron chi connectivity index (χ1n) is 7.51. The van der Waals surface area contributed by atoms with Crippen molar-refractivity contribution in [3.05, 3.63) is 30.9 Å². The lowest BCUT2D eigenvalue weighted by atomic mass is 9.89. The third kappa shape index (κ3) is 1.99. The number of hydrogen-bond acceptors (Lipinski definition) is 3. The van der Waals surface area contributed by atoms with Gasteiger partial charge in [-0.1, -0.05) is 6.42 Å². The predicted molar refractivity (Wildman–Crippen MR) is 78.8 cm³/mol. The maximum absolute atomic E-state index is 5.66. The highest BCUT2D eigenvalue weighted by Crippen LogP contribution is 2.49. The molecule has 3 unspecified atom stereocenters. The molecule has 3 atom stereocenters. The van der Waals surface area contributed by atoms with E-state index < -0.39 is 0 Å². The van der Waals surface area contributed by atoms with Gasteiger partial charge in [-0.05, 0) is 49.1 Å². The van der Waals surface area contributed by atoms with Crippen molar-refractivity contribution in [2.75, 3.05) is 5.73 Å². The Labute approximate surface area is 119 Å². The van der Waals surface area contributed by atoms with Crippen LogP contribution in [0, 0.1) is 17.8 Å². The number of fused-ring (bicyclic) bond motifs is 2. The second kappa shape index (κ2) is 4.62. The van der Waals surface area contributed by atoms with E-state index in [-0.39, 0.29) is 0 Å². The van der Waals surface area contributed by atoms with Gasteiger partial charge in [-0.25, -0.2) is 9.97 Å². The van der Waals surface area contributed by atoms with Gasteiger partial charge in [-0.2, -0.15) is 0 Å². The molecule has 2 aliphatic carbocycles. The van der Waals surface area contributed by atoms with E-state index in [9.17, 15) is 0 Å². The molecule has 0 aromatic carbocycles. The summed E-state index contributed by atoms with van der Waals surface area (Å²) in [6, 6.07) is 3.88. The number of aromatic nitrogens is 3. The number of imidazole rings is 1. The van der Waals surface area contributed by atoms with Gasteiger partial charge in [0.25, 0.3) is 0 Å². The minimum absolute atomic E-state index is 0.563. The standard InChI is InChI=1S/C16H20N4/c17-16-4-3-13(7-19-16)15-8-18-10-20(15)9-14-6-11-1-2-12(14)5-11/h3-4,7-8,10-12,14H,1-2,5-6,9H2,(H2,17,19). The highest BCUT2D eigenvalue weighted by Gasteiger charge is 2.39. The van der Waals surface area contributed by atoms with Crippen molar-refractivity contribution < 1.29 is 0 Å². The second-order valence-electron chi connectivity index (χ2n) is 6.34. The predicted octanol–water partition coefficient (Wildman–Crippen LogP) is 2.96. The molecule has 0 radical (unpaired) electrons.